The first-order chi connectivity index (χ1) is 8.56. The number of carbonyl (C=O) groups is 1. The summed E-state index contributed by atoms with van der Waals surface area (Å²) >= 11 is 5.91. The molecular weight excluding hydrogens is 252 g/mol. The van der Waals surface area contributed by atoms with Crippen LogP contribution in [0.25, 0.3) is 11.3 Å². The Balaban J connectivity index is 2.22. The van der Waals surface area contributed by atoms with Gasteiger partial charge in [0.15, 0.2) is 0 Å². The van der Waals surface area contributed by atoms with Gasteiger partial charge in [0.05, 0.1) is 6.04 Å². The van der Waals surface area contributed by atoms with Gasteiger partial charge in [-0.1, -0.05) is 23.7 Å². The van der Waals surface area contributed by atoms with Crippen molar-refractivity contribution in [2.45, 2.75) is 12.5 Å². The molecule has 0 aliphatic carbocycles. The average molecular weight is 265 g/mol. The van der Waals surface area contributed by atoms with Crippen LogP contribution in [0, 0.1) is 0 Å². The van der Waals surface area contributed by atoms with E-state index in [1.165, 1.54) is 0 Å². The first-order valence-corrected chi connectivity index (χ1v) is 5.83. The largest absolute Gasteiger partial charge is 0.459 e. The lowest BCUT2D eigenvalue weighted by Gasteiger charge is -2.05. The molecule has 0 fully saturated rings. The number of hydrogen-bond acceptors (Lipinski definition) is 3. The van der Waals surface area contributed by atoms with E-state index < -0.39 is 11.9 Å². The topological polar surface area (TPSA) is 82.2 Å². The number of carbonyl (C=O) groups excluding carboxylic acids is 1. The standard InChI is InChI=1S/C13H13ClN2O2/c14-9-3-1-2-8(6-9)11-4-5-12(18-11)10(15)7-13(16)17/h1-6,10H,7,15H2,(H2,16,17)/t10-/m0/s1. The molecule has 5 heteroatoms. The van der Waals surface area contributed by atoms with Gasteiger partial charge >= 0.3 is 0 Å². The van der Waals surface area contributed by atoms with E-state index in [-0.39, 0.29) is 6.42 Å². The molecule has 4 N–H and O–H groups in total. The van der Waals surface area contributed by atoms with Gasteiger partial charge in [-0.2, -0.15) is 0 Å². The Morgan fingerprint density at radius 1 is 1.33 bits per heavy atom. The van der Waals surface area contributed by atoms with E-state index in [9.17, 15) is 4.79 Å². The first kappa shape index (κ1) is 12.7. The van der Waals surface area contributed by atoms with Crippen LogP contribution in [0.5, 0.6) is 0 Å². The molecule has 1 aromatic carbocycles. The molecule has 1 atom stereocenters. The lowest BCUT2D eigenvalue weighted by Crippen LogP contribution is -2.20. The number of hydrogen-bond donors (Lipinski definition) is 2. The molecule has 0 bridgehead atoms. The van der Waals surface area contributed by atoms with Gasteiger partial charge in [0.2, 0.25) is 5.91 Å². The molecule has 1 heterocycles. The third-order valence-corrected chi connectivity index (χ3v) is 2.76. The summed E-state index contributed by atoms with van der Waals surface area (Å²) in [7, 11) is 0. The zero-order valence-corrected chi connectivity index (χ0v) is 10.4. The Hall–Kier alpha value is -1.78. The van der Waals surface area contributed by atoms with E-state index in [0.29, 0.717) is 16.5 Å². The number of nitrogens with two attached hydrogens (primary N) is 2. The molecule has 0 saturated carbocycles. The molecule has 0 unspecified atom stereocenters. The maximum absolute atomic E-state index is 10.8. The fraction of sp³-hybridized carbons (Fsp3) is 0.154. The average Bonchev–Trinajstić information content (AvgIpc) is 2.77. The van der Waals surface area contributed by atoms with Gasteiger partial charge in [0.25, 0.3) is 0 Å². The van der Waals surface area contributed by atoms with Crippen LogP contribution in [0.1, 0.15) is 18.2 Å². The minimum atomic E-state index is -0.518. The fourth-order valence-corrected chi connectivity index (χ4v) is 1.86. The zero-order chi connectivity index (χ0) is 13.1. The highest BCUT2D eigenvalue weighted by Crippen LogP contribution is 2.27. The summed E-state index contributed by atoms with van der Waals surface area (Å²) in [6.07, 6.45) is 0.0580. The molecule has 2 aromatic rings. The van der Waals surface area contributed by atoms with Crippen LogP contribution in [0.15, 0.2) is 40.8 Å². The first-order valence-electron chi connectivity index (χ1n) is 5.46. The van der Waals surface area contributed by atoms with Gasteiger partial charge in [0, 0.05) is 17.0 Å². The summed E-state index contributed by atoms with van der Waals surface area (Å²) in [4.78, 5) is 10.8. The molecule has 94 valence electrons. The summed E-state index contributed by atoms with van der Waals surface area (Å²) in [5.74, 6) is 0.736. The Kier molecular flexibility index (Phi) is 3.69. The summed E-state index contributed by atoms with van der Waals surface area (Å²) in [6.45, 7) is 0. The van der Waals surface area contributed by atoms with Gasteiger partial charge in [-0.05, 0) is 24.3 Å². The number of amides is 1. The molecule has 1 amide bonds. The van der Waals surface area contributed by atoms with Gasteiger partial charge in [-0.15, -0.1) is 0 Å². The van der Waals surface area contributed by atoms with Gasteiger partial charge in [0.1, 0.15) is 11.5 Å². The SMILES string of the molecule is NC(=O)C[C@H](N)c1ccc(-c2cccc(Cl)c2)o1. The van der Waals surface area contributed by atoms with Crippen LogP contribution in [0.3, 0.4) is 0 Å². The summed E-state index contributed by atoms with van der Waals surface area (Å²) in [5, 5.41) is 0.631. The molecule has 18 heavy (non-hydrogen) atoms. The number of rotatable bonds is 4. The Bertz CT molecular complexity index is 566. The molecule has 2 rings (SSSR count). The van der Waals surface area contributed by atoms with E-state index in [0.717, 1.165) is 5.56 Å². The number of primary amides is 1. The zero-order valence-electron chi connectivity index (χ0n) is 9.60. The Labute approximate surface area is 110 Å². The lowest BCUT2D eigenvalue weighted by molar-refractivity contribution is -0.118. The third-order valence-electron chi connectivity index (χ3n) is 2.52. The maximum Gasteiger partial charge on any atom is 0.219 e. The van der Waals surface area contributed by atoms with E-state index >= 15 is 0 Å². The predicted molar refractivity (Wildman–Crippen MR) is 69.9 cm³/mol. The smallest absolute Gasteiger partial charge is 0.219 e. The van der Waals surface area contributed by atoms with Crippen molar-refractivity contribution in [2.75, 3.05) is 0 Å². The Morgan fingerprint density at radius 2 is 2.11 bits per heavy atom. The summed E-state index contributed by atoms with van der Waals surface area (Å²) < 4.78 is 5.60. The second-order valence-electron chi connectivity index (χ2n) is 3.99. The van der Waals surface area contributed by atoms with E-state index in [1.54, 1.807) is 24.3 Å². The van der Waals surface area contributed by atoms with Gasteiger partial charge < -0.3 is 15.9 Å². The molecule has 0 saturated heterocycles. The van der Waals surface area contributed by atoms with Crippen LogP contribution in [-0.2, 0) is 4.79 Å². The quantitative estimate of drug-likeness (QED) is 0.890. The van der Waals surface area contributed by atoms with Crippen LogP contribution in [-0.4, -0.2) is 5.91 Å². The van der Waals surface area contributed by atoms with E-state index in [2.05, 4.69) is 0 Å². The van der Waals surface area contributed by atoms with E-state index in [1.807, 2.05) is 12.1 Å². The molecular formula is C13H13ClN2O2. The number of halogens is 1. The van der Waals surface area contributed by atoms with Crippen molar-refractivity contribution in [1.29, 1.82) is 0 Å². The van der Waals surface area contributed by atoms with Crippen LogP contribution in [0.4, 0.5) is 0 Å². The molecule has 1 aromatic heterocycles. The van der Waals surface area contributed by atoms with Crippen molar-refractivity contribution in [3.8, 4) is 11.3 Å². The van der Waals surface area contributed by atoms with Crippen molar-refractivity contribution in [1.82, 2.24) is 0 Å². The molecule has 0 aliphatic heterocycles. The Morgan fingerprint density at radius 3 is 2.78 bits per heavy atom. The highest BCUT2D eigenvalue weighted by molar-refractivity contribution is 6.30. The van der Waals surface area contributed by atoms with Crippen molar-refractivity contribution >= 4 is 17.5 Å². The second-order valence-corrected chi connectivity index (χ2v) is 4.43. The van der Waals surface area contributed by atoms with Crippen LogP contribution >= 0.6 is 11.6 Å². The monoisotopic (exact) mass is 264 g/mol. The highest BCUT2D eigenvalue weighted by atomic mass is 35.5. The predicted octanol–water partition coefficient (Wildman–Crippen LogP) is 2.48. The van der Waals surface area contributed by atoms with Crippen molar-refractivity contribution in [3.63, 3.8) is 0 Å². The number of furan rings is 1. The highest BCUT2D eigenvalue weighted by Gasteiger charge is 2.14. The number of benzene rings is 1. The summed E-state index contributed by atoms with van der Waals surface area (Å²) in [6, 6.07) is 10.3. The van der Waals surface area contributed by atoms with Crippen molar-refractivity contribution in [2.24, 2.45) is 11.5 Å². The fourth-order valence-electron chi connectivity index (χ4n) is 1.67. The lowest BCUT2D eigenvalue weighted by atomic mass is 10.1. The van der Waals surface area contributed by atoms with Gasteiger partial charge in [-0.25, -0.2) is 0 Å². The van der Waals surface area contributed by atoms with Crippen LogP contribution in [0.2, 0.25) is 5.02 Å². The molecule has 0 radical (unpaired) electrons. The minimum Gasteiger partial charge on any atom is -0.459 e. The van der Waals surface area contributed by atoms with E-state index in [4.69, 9.17) is 27.5 Å². The summed E-state index contributed by atoms with van der Waals surface area (Å²) in [5.41, 5.74) is 11.7. The van der Waals surface area contributed by atoms with Gasteiger partial charge in [-0.3, -0.25) is 4.79 Å². The normalized spacial score (nSPS) is 12.3. The van der Waals surface area contributed by atoms with Crippen molar-refractivity contribution < 1.29 is 9.21 Å². The molecule has 0 spiro atoms. The minimum absolute atomic E-state index is 0.0580. The molecule has 4 nitrogen and oxygen atoms in total. The maximum atomic E-state index is 10.8. The molecule has 0 aliphatic rings. The second kappa shape index (κ2) is 5.25. The third kappa shape index (κ3) is 2.91. The van der Waals surface area contributed by atoms with Crippen LogP contribution < -0.4 is 11.5 Å². The van der Waals surface area contributed by atoms with Crippen molar-refractivity contribution in [3.05, 3.63) is 47.2 Å².